The van der Waals surface area contributed by atoms with E-state index >= 15 is 0 Å². The Kier molecular flexibility index (Phi) is 5.94. The predicted octanol–water partition coefficient (Wildman–Crippen LogP) is 4.88. The summed E-state index contributed by atoms with van der Waals surface area (Å²) in [6.45, 7) is 0.328. The largest absolute Gasteiger partial charge is 0.480 e. The van der Waals surface area contributed by atoms with Crippen molar-refractivity contribution >= 4 is 23.7 Å². The fourth-order valence-corrected chi connectivity index (χ4v) is 4.97. The zero-order valence-corrected chi connectivity index (χ0v) is 18.7. The first-order valence-electron chi connectivity index (χ1n) is 11.4. The number of aliphatic carboxylic acids is 1. The van der Waals surface area contributed by atoms with Gasteiger partial charge in [0.25, 0.3) is 5.91 Å². The van der Waals surface area contributed by atoms with E-state index < -0.39 is 29.8 Å². The van der Waals surface area contributed by atoms with Crippen LogP contribution in [0.5, 0.6) is 0 Å². The standard InChI is InChI=1S/C27H23FN2O5/c28-16-11-12-23(21(14-16)25(31)30-13-5-10-24(30)26(32)33)29-27(34)35-15-22-19-8-3-1-6-17(19)18-7-2-4-9-20(18)22/h1-4,6-9,11-12,14,22,24H,5,10,13,15H2,(H,29,34)(H,32,33)/t24-/m1/s1. The first-order chi connectivity index (χ1) is 16.9. The molecule has 8 heteroatoms. The molecule has 1 fully saturated rings. The Balaban J connectivity index is 1.33. The number of likely N-dealkylation sites (tertiary alicyclic amines) is 1. The van der Waals surface area contributed by atoms with E-state index in [0.717, 1.165) is 34.4 Å². The van der Waals surface area contributed by atoms with E-state index in [0.29, 0.717) is 12.8 Å². The lowest BCUT2D eigenvalue weighted by atomic mass is 9.98. The number of nitrogens with zero attached hydrogens (tertiary/aromatic N) is 1. The predicted molar refractivity (Wildman–Crippen MR) is 127 cm³/mol. The molecule has 0 radical (unpaired) electrons. The van der Waals surface area contributed by atoms with Crippen molar-refractivity contribution in [2.45, 2.75) is 24.8 Å². The van der Waals surface area contributed by atoms with E-state index in [1.54, 1.807) is 0 Å². The number of carbonyl (C=O) groups excluding carboxylic acids is 2. The van der Waals surface area contributed by atoms with Crippen LogP contribution in [0.25, 0.3) is 11.1 Å². The van der Waals surface area contributed by atoms with Crippen LogP contribution >= 0.6 is 0 Å². The highest BCUT2D eigenvalue weighted by atomic mass is 19.1. The van der Waals surface area contributed by atoms with Gasteiger partial charge in [0.15, 0.2) is 0 Å². The summed E-state index contributed by atoms with van der Waals surface area (Å²) in [5.41, 5.74) is 4.27. The molecule has 7 nitrogen and oxygen atoms in total. The van der Waals surface area contributed by atoms with Gasteiger partial charge in [0.05, 0.1) is 11.3 Å². The van der Waals surface area contributed by atoms with E-state index in [1.165, 1.54) is 11.0 Å². The van der Waals surface area contributed by atoms with Gasteiger partial charge in [0.2, 0.25) is 0 Å². The monoisotopic (exact) mass is 474 g/mol. The normalized spacial score (nSPS) is 16.5. The zero-order chi connectivity index (χ0) is 24.5. The summed E-state index contributed by atoms with van der Waals surface area (Å²) in [5, 5.41) is 11.9. The van der Waals surface area contributed by atoms with Crippen molar-refractivity contribution < 1.29 is 28.6 Å². The van der Waals surface area contributed by atoms with Crippen LogP contribution in [-0.2, 0) is 9.53 Å². The number of rotatable bonds is 5. The number of halogens is 1. The molecule has 35 heavy (non-hydrogen) atoms. The first kappa shape index (κ1) is 22.6. The maximum atomic E-state index is 14.0. The quantitative estimate of drug-likeness (QED) is 0.550. The average Bonchev–Trinajstić information content (AvgIpc) is 3.47. The third-order valence-corrected chi connectivity index (χ3v) is 6.59. The molecular weight excluding hydrogens is 451 g/mol. The highest BCUT2D eigenvalue weighted by molar-refractivity contribution is 6.04. The van der Waals surface area contributed by atoms with E-state index in [4.69, 9.17) is 4.74 Å². The number of anilines is 1. The summed E-state index contributed by atoms with van der Waals surface area (Å²) in [6, 6.07) is 18.3. The third kappa shape index (κ3) is 4.23. The van der Waals surface area contributed by atoms with Crippen LogP contribution in [0, 0.1) is 5.82 Å². The molecule has 2 aliphatic rings. The van der Waals surface area contributed by atoms with Crippen molar-refractivity contribution in [2.24, 2.45) is 0 Å². The van der Waals surface area contributed by atoms with Gasteiger partial charge < -0.3 is 14.7 Å². The van der Waals surface area contributed by atoms with Crippen LogP contribution in [0.1, 0.15) is 40.2 Å². The zero-order valence-electron chi connectivity index (χ0n) is 18.7. The van der Waals surface area contributed by atoms with Gasteiger partial charge in [-0.1, -0.05) is 48.5 Å². The van der Waals surface area contributed by atoms with E-state index in [9.17, 15) is 23.9 Å². The number of amides is 2. The number of nitrogens with one attached hydrogen (secondary N) is 1. The summed E-state index contributed by atoms with van der Waals surface area (Å²) in [7, 11) is 0. The van der Waals surface area contributed by atoms with Crippen LogP contribution in [0.4, 0.5) is 14.9 Å². The highest BCUT2D eigenvalue weighted by Crippen LogP contribution is 2.44. The Hall–Kier alpha value is -4.20. The minimum atomic E-state index is -1.11. The Labute approximate surface area is 201 Å². The van der Waals surface area contributed by atoms with Gasteiger partial charge in [-0.15, -0.1) is 0 Å². The molecule has 3 aromatic rings. The van der Waals surface area contributed by atoms with E-state index in [-0.39, 0.29) is 30.3 Å². The molecule has 1 heterocycles. The number of ether oxygens (including phenoxy) is 1. The molecule has 178 valence electrons. The Bertz CT molecular complexity index is 1280. The molecular formula is C27H23FN2O5. The lowest BCUT2D eigenvalue weighted by molar-refractivity contribution is -0.141. The molecule has 5 rings (SSSR count). The number of carboxylic acids is 1. The van der Waals surface area contributed by atoms with Crippen molar-refractivity contribution in [3.8, 4) is 11.1 Å². The van der Waals surface area contributed by atoms with Gasteiger partial charge in [-0.3, -0.25) is 10.1 Å². The maximum absolute atomic E-state index is 14.0. The lowest BCUT2D eigenvalue weighted by Gasteiger charge is -2.23. The molecule has 0 spiro atoms. The molecule has 0 aromatic heterocycles. The maximum Gasteiger partial charge on any atom is 0.411 e. The minimum absolute atomic E-state index is 0.0599. The molecule has 0 bridgehead atoms. The van der Waals surface area contributed by atoms with Crippen LogP contribution in [0.15, 0.2) is 66.7 Å². The molecule has 0 saturated carbocycles. The molecule has 2 amide bonds. The SMILES string of the molecule is O=C(Nc1ccc(F)cc1C(=O)N1CCC[C@@H]1C(=O)O)OCC1c2ccccc2-c2ccccc21. The second-order valence-corrected chi connectivity index (χ2v) is 8.64. The van der Waals surface area contributed by atoms with Gasteiger partial charge in [-0.2, -0.15) is 0 Å². The van der Waals surface area contributed by atoms with E-state index in [2.05, 4.69) is 5.32 Å². The summed E-state index contributed by atoms with van der Waals surface area (Å²) < 4.78 is 19.5. The number of hydrogen-bond acceptors (Lipinski definition) is 4. The van der Waals surface area contributed by atoms with Crippen molar-refractivity contribution in [1.29, 1.82) is 0 Å². The van der Waals surface area contributed by atoms with Gasteiger partial charge in [0.1, 0.15) is 18.5 Å². The van der Waals surface area contributed by atoms with Crippen LogP contribution in [-0.4, -0.2) is 47.2 Å². The number of carbonyl (C=O) groups is 3. The lowest BCUT2D eigenvalue weighted by Crippen LogP contribution is -2.40. The van der Waals surface area contributed by atoms with Crippen molar-refractivity contribution in [1.82, 2.24) is 4.90 Å². The Morgan fingerprint density at radius 2 is 1.66 bits per heavy atom. The number of fused-ring (bicyclic) bond motifs is 3. The van der Waals surface area contributed by atoms with E-state index in [1.807, 2.05) is 48.5 Å². The Morgan fingerprint density at radius 3 is 2.31 bits per heavy atom. The van der Waals surface area contributed by atoms with Crippen LogP contribution < -0.4 is 5.32 Å². The molecule has 1 aliphatic carbocycles. The van der Waals surface area contributed by atoms with Crippen molar-refractivity contribution in [2.75, 3.05) is 18.5 Å². The fraction of sp³-hybridized carbons (Fsp3) is 0.222. The number of hydrogen-bond donors (Lipinski definition) is 2. The van der Waals surface area contributed by atoms with Gasteiger partial charge in [0, 0.05) is 12.5 Å². The van der Waals surface area contributed by atoms with Crippen molar-refractivity contribution in [3.05, 3.63) is 89.2 Å². The molecule has 2 N–H and O–H groups in total. The molecule has 1 saturated heterocycles. The number of carboxylic acid groups (broad SMARTS) is 1. The topological polar surface area (TPSA) is 95.9 Å². The average molecular weight is 474 g/mol. The third-order valence-electron chi connectivity index (χ3n) is 6.59. The summed E-state index contributed by atoms with van der Waals surface area (Å²) >= 11 is 0. The van der Waals surface area contributed by atoms with Crippen LogP contribution in [0.2, 0.25) is 0 Å². The van der Waals surface area contributed by atoms with Crippen LogP contribution in [0.3, 0.4) is 0 Å². The summed E-state index contributed by atoms with van der Waals surface area (Å²) in [4.78, 5) is 38.5. The highest BCUT2D eigenvalue weighted by Gasteiger charge is 2.35. The second kappa shape index (κ2) is 9.21. The fourth-order valence-electron chi connectivity index (χ4n) is 4.97. The summed E-state index contributed by atoms with van der Waals surface area (Å²) in [5.74, 6) is -2.57. The van der Waals surface area contributed by atoms with Gasteiger partial charge in [-0.25, -0.2) is 14.0 Å². The van der Waals surface area contributed by atoms with Crippen molar-refractivity contribution in [3.63, 3.8) is 0 Å². The molecule has 1 atom stereocenters. The summed E-state index contributed by atoms with van der Waals surface area (Å²) in [6.07, 6.45) is 0.0716. The first-order valence-corrected chi connectivity index (χ1v) is 11.4. The second-order valence-electron chi connectivity index (χ2n) is 8.64. The van der Waals surface area contributed by atoms with Gasteiger partial charge in [-0.05, 0) is 53.3 Å². The minimum Gasteiger partial charge on any atom is -0.480 e. The number of benzene rings is 3. The molecule has 3 aromatic carbocycles. The van der Waals surface area contributed by atoms with Gasteiger partial charge >= 0.3 is 12.1 Å². The Morgan fingerprint density at radius 1 is 1.00 bits per heavy atom. The molecule has 0 unspecified atom stereocenters. The smallest absolute Gasteiger partial charge is 0.411 e. The molecule has 1 aliphatic heterocycles.